The van der Waals surface area contributed by atoms with Crippen molar-refractivity contribution in [2.75, 3.05) is 20.3 Å². The minimum Gasteiger partial charge on any atom is -0.493 e. The number of ether oxygens (including phenoxy) is 3. The van der Waals surface area contributed by atoms with E-state index in [-0.39, 0.29) is 12.5 Å². The molecule has 0 radical (unpaired) electrons. The van der Waals surface area contributed by atoms with Crippen LogP contribution < -0.4 is 9.47 Å². The van der Waals surface area contributed by atoms with Crippen molar-refractivity contribution in [3.63, 3.8) is 0 Å². The van der Waals surface area contributed by atoms with Crippen LogP contribution in [0.4, 0.5) is 0 Å². The maximum atomic E-state index is 10.7. The molecule has 1 aromatic carbocycles. The van der Waals surface area contributed by atoms with Gasteiger partial charge in [-0.1, -0.05) is 29.3 Å². The maximum absolute atomic E-state index is 10.7. The number of methoxy groups -OCH3 is 1. The van der Waals surface area contributed by atoms with Crippen LogP contribution in [0.2, 0.25) is 10.0 Å². The standard InChI is InChI=1S/C19H21Cl2NO4/c1-24-18-3-2-12(8-19(18)26-13-4-6-25-7-5-13)17(23)9-14-15(20)10-22-11-16(14)21/h2-3,8,10-11,13,17,23H,4-7,9H2,1H3. The number of aliphatic hydroxyl groups is 1. The van der Waals surface area contributed by atoms with Gasteiger partial charge in [-0.2, -0.15) is 0 Å². The molecule has 0 spiro atoms. The molecular weight excluding hydrogens is 377 g/mol. The molecule has 0 bridgehead atoms. The zero-order chi connectivity index (χ0) is 18.5. The van der Waals surface area contributed by atoms with Gasteiger partial charge in [0.2, 0.25) is 0 Å². The highest BCUT2D eigenvalue weighted by Gasteiger charge is 2.20. The molecule has 2 heterocycles. The molecule has 0 aliphatic carbocycles. The zero-order valence-corrected chi connectivity index (χ0v) is 16.0. The molecule has 140 valence electrons. The van der Waals surface area contributed by atoms with Crippen LogP contribution in [0.1, 0.15) is 30.1 Å². The van der Waals surface area contributed by atoms with E-state index in [1.165, 1.54) is 12.4 Å². The van der Waals surface area contributed by atoms with Crippen molar-refractivity contribution < 1.29 is 19.3 Å². The summed E-state index contributed by atoms with van der Waals surface area (Å²) in [4.78, 5) is 3.93. The predicted molar refractivity (Wildman–Crippen MR) is 100 cm³/mol. The van der Waals surface area contributed by atoms with E-state index in [2.05, 4.69) is 4.98 Å². The van der Waals surface area contributed by atoms with Crippen LogP contribution in [0.5, 0.6) is 11.5 Å². The van der Waals surface area contributed by atoms with Crippen molar-refractivity contribution in [3.05, 3.63) is 51.8 Å². The van der Waals surface area contributed by atoms with Crippen molar-refractivity contribution in [2.45, 2.75) is 31.5 Å². The summed E-state index contributed by atoms with van der Waals surface area (Å²) >= 11 is 12.3. The predicted octanol–water partition coefficient (Wildman–Crippen LogP) is 4.23. The van der Waals surface area contributed by atoms with Crippen molar-refractivity contribution in [3.8, 4) is 11.5 Å². The summed E-state index contributed by atoms with van der Waals surface area (Å²) in [6.07, 6.45) is 4.27. The fraction of sp³-hybridized carbons (Fsp3) is 0.421. The van der Waals surface area contributed by atoms with Crippen LogP contribution in [-0.4, -0.2) is 36.5 Å². The van der Waals surface area contributed by atoms with Crippen LogP contribution in [0.3, 0.4) is 0 Å². The van der Waals surface area contributed by atoms with Gasteiger partial charge in [0.15, 0.2) is 11.5 Å². The Labute approximate surface area is 162 Å². The molecule has 0 saturated carbocycles. The van der Waals surface area contributed by atoms with E-state index in [9.17, 15) is 5.11 Å². The Balaban J connectivity index is 1.79. The molecule has 2 aromatic rings. The Kier molecular flexibility index (Phi) is 6.59. The number of hydrogen-bond acceptors (Lipinski definition) is 5. The SMILES string of the molecule is COc1ccc(C(O)Cc2c(Cl)cncc2Cl)cc1OC1CCOCC1. The fourth-order valence-electron chi connectivity index (χ4n) is 2.91. The quantitative estimate of drug-likeness (QED) is 0.789. The van der Waals surface area contributed by atoms with Gasteiger partial charge in [0, 0.05) is 31.7 Å². The van der Waals surface area contributed by atoms with Gasteiger partial charge in [-0.3, -0.25) is 4.98 Å². The minimum atomic E-state index is -0.782. The van der Waals surface area contributed by atoms with Crippen LogP contribution in [0, 0.1) is 0 Å². The summed E-state index contributed by atoms with van der Waals surface area (Å²) in [5, 5.41) is 11.5. The summed E-state index contributed by atoms with van der Waals surface area (Å²) in [5.41, 5.74) is 1.37. The number of aliphatic hydroxyl groups excluding tert-OH is 1. The van der Waals surface area contributed by atoms with Crippen LogP contribution >= 0.6 is 23.2 Å². The fourth-order valence-corrected chi connectivity index (χ4v) is 3.43. The van der Waals surface area contributed by atoms with Gasteiger partial charge in [-0.15, -0.1) is 0 Å². The van der Waals surface area contributed by atoms with E-state index in [4.69, 9.17) is 37.4 Å². The highest BCUT2D eigenvalue weighted by Crippen LogP contribution is 2.34. The molecule has 1 atom stereocenters. The Hall–Kier alpha value is -1.53. The summed E-state index contributed by atoms with van der Waals surface area (Å²) in [7, 11) is 1.60. The zero-order valence-electron chi connectivity index (χ0n) is 14.5. The van der Waals surface area contributed by atoms with Crippen molar-refractivity contribution in [2.24, 2.45) is 0 Å². The molecule has 5 nitrogen and oxygen atoms in total. The molecule has 26 heavy (non-hydrogen) atoms. The average Bonchev–Trinajstić information content (AvgIpc) is 2.65. The van der Waals surface area contributed by atoms with Crippen LogP contribution in [0.25, 0.3) is 0 Å². The van der Waals surface area contributed by atoms with Crippen molar-refractivity contribution in [1.29, 1.82) is 0 Å². The topological polar surface area (TPSA) is 60.8 Å². The number of halogens is 2. The summed E-state index contributed by atoms with van der Waals surface area (Å²) in [6.45, 7) is 1.38. The molecule has 1 unspecified atom stereocenters. The van der Waals surface area contributed by atoms with E-state index in [1.807, 2.05) is 12.1 Å². The largest absolute Gasteiger partial charge is 0.493 e. The molecule has 7 heteroatoms. The summed E-state index contributed by atoms with van der Waals surface area (Å²) in [6, 6.07) is 5.41. The van der Waals surface area contributed by atoms with E-state index in [0.29, 0.717) is 45.9 Å². The van der Waals surface area contributed by atoms with E-state index in [0.717, 1.165) is 12.8 Å². The lowest BCUT2D eigenvalue weighted by atomic mass is 10.0. The first-order chi connectivity index (χ1) is 12.6. The number of nitrogens with zero attached hydrogens (tertiary/aromatic N) is 1. The lowest BCUT2D eigenvalue weighted by Gasteiger charge is -2.25. The lowest BCUT2D eigenvalue weighted by molar-refractivity contribution is 0.0244. The monoisotopic (exact) mass is 397 g/mol. The highest BCUT2D eigenvalue weighted by atomic mass is 35.5. The van der Waals surface area contributed by atoms with Crippen LogP contribution in [0.15, 0.2) is 30.6 Å². The third-order valence-electron chi connectivity index (χ3n) is 4.38. The van der Waals surface area contributed by atoms with Gasteiger partial charge in [0.1, 0.15) is 6.10 Å². The van der Waals surface area contributed by atoms with Crippen molar-refractivity contribution >= 4 is 23.2 Å². The van der Waals surface area contributed by atoms with E-state index < -0.39 is 6.10 Å². The maximum Gasteiger partial charge on any atom is 0.161 e. The molecule has 1 saturated heterocycles. The molecule has 1 N–H and O–H groups in total. The number of pyridine rings is 1. The second-order valence-corrected chi connectivity index (χ2v) is 6.96. The Morgan fingerprint density at radius 1 is 1.19 bits per heavy atom. The third kappa shape index (κ3) is 4.60. The second-order valence-electron chi connectivity index (χ2n) is 6.14. The molecular formula is C19H21Cl2NO4. The second kappa shape index (κ2) is 8.91. The molecule has 0 amide bonds. The first-order valence-corrected chi connectivity index (χ1v) is 9.22. The molecule has 1 aliphatic rings. The van der Waals surface area contributed by atoms with Gasteiger partial charge in [0.05, 0.1) is 36.5 Å². The Bertz CT molecular complexity index is 730. The number of rotatable bonds is 6. The third-order valence-corrected chi connectivity index (χ3v) is 5.04. The van der Waals surface area contributed by atoms with Gasteiger partial charge < -0.3 is 19.3 Å². The lowest BCUT2D eigenvalue weighted by Crippen LogP contribution is -2.26. The first-order valence-electron chi connectivity index (χ1n) is 8.46. The number of aromatic nitrogens is 1. The summed E-state index contributed by atoms with van der Waals surface area (Å²) < 4.78 is 16.8. The van der Waals surface area contributed by atoms with Crippen molar-refractivity contribution in [1.82, 2.24) is 4.98 Å². The number of hydrogen-bond donors (Lipinski definition) is 1. The van der Waals surface area contributed by atoms with Gasteiger partial charge >= 0.3 is 0 Å². The smallest absolute Gasteiger partial charge is 0.161 e. The molecule has 3 rings (SSSR count). The van der Waals surface area contributed by atoms with E-state index in [1.54, 1.807) is 13.2 Å². The van der Waals surface area contributed by atoms with Crippen LogP contribution in [-0.2, 0) is 11.2 Å². The Morgan fingerprint density at radius 3 is 2.54 bits per heavy atom. The normalized spacial score (nSPS) is 16.3. The molecule has 1 aromatic heterocycles. The average molecular weight is 398 g/mol. The summed E-state index contributed by atoms with van der Waals surface area (Å²) in [5.74, 6) is 1.25. The van der Waals surface area contributed by atoms with Gasteiger partial charge in [0.25, 0.3) is 0 Å². The highest BCUT2D eigenvalue weighted by molar-refractivity contribution is 6.35. The van der Waals surface area contributed by atoms with E-state index >= 15 is 0 Å². The molecule has 1 aliphatic heterocycles. The Morgan fingerprint density at radius 2 is 1.88 bits per heavy atom. The van der Waals surface area contributed by atoms with Gasteiger partial charge in [-0.05, 0) is 23.3 Å². The number of benzene rings is 1. The molecule has 1 fully saturated rings. The first kappa shape index (κ1) is 19.2. The van der Waals surface area contributed by atoms with Gasteiger partial charge in [-0.25, -0.2) is 0 Å². The minimum absolute atomic E-state index is 0.0779.